The number of nitrogens with zero attached hydrogens (tertiary/aromatic N) is 1. The fourth-order valence-electron chi connectivity index (χ4n) is 1.08. The summed E-state index contributed by atoms with van der Waals surface area (Å²) in [5.41, 5.74) is 0.205. The van der Waals surface area contributed by atoms with Gasteiger partial charge in [0, 0.05) is 11.8 Å². The third-order valence-corrected chi connectivity index (χ3v) is 1.86. The van der Waals surface area contributed by atoms with Crippen LogP contribution in [0.4, 0.5) is 8.78 Å². The third kappa shape index (κ3) is 2.71. The summed E-state index contributed by atoms with van der Waals surface area (Å²) in [6, 6.07) is 1.12. The van der Waals surface area contributed by atoms with Crippen LogP contribution < -0.4 is 0 Å². The zero-order chi connectivity index (χ0) is 11.4. The summed E-state index contributed by atoms with van der Waals surface area (Å²) < 4.78 is 29.4. The van der Waals surface area contributed by atoms with Gasteiger partial charge in [-0.25, -0.2) is 13.6 Å². The van der Waals surface area contributed by atoms with E-state index in [1.807, 2.05) is 0 Å². The van der Waals surface area contributed by atoms with Crippen LogP contribution in [-0.2, 0) is 4.74 Å². The molecule has 1 heterocycles. The van der Waals surface area contributed by atoms with Gasteiger partial charge in [-0.05, 0) is 19.9 Å². The highest BCUT2D eigenvalue weighted by atomic mass is 19.3. The van der Waals surface area contributed by atoms with Crippen molar-refractivity contribution in [2.75, 3.05) is 6.61 Å². The van der Waals surface area contributed by atoms with Gasteiger partial charge in [-0.2, -0.15) is 0 Å². The predicted octanol–water partition coefficient (Wildman–Crippen LogP) is 2.50. The van der Waals surface area contributed by atoms with Gasteiger partial charge in [-0.1, -0.05) is 0 Å². The molecule has 0 saturated carbocycles. The van der Waals surface area contributed by atoms with Gasteiger partial charge in [0.05, 0.1) is 17.9 Å². The van der Waals surface area contributed by atoms with E-state index in [0.717, 1.165) is 12.3 Å². The van der Waals surface area contributed by atoms with Crippen molar-refractivity contribution in [3.8, 4) is 0 Å². The number of halogens is 2. The molecule has 0 unspecified atom stereocenters. The summed E-state index contributed by atoms with van der Waals surface area (Å²) >= 11 is 0. The molecule has 0 fully saturated rings. The number of pyridine rings is 1. The number of ether oxygens (including phenoxy) is 1. The Hall–Kier alpha value is -1.52. The second-order valence-corrected chi connectivity index (χ2v) is 2.92. The van der Waals surface area contributed by atoms with Gasteiger partial charge < -0.3 is 4.74 Å². The van der Waals surface area contributed by atoms with E-state index in [1.165, 1.54) is 0 Å². The van der Waals surface area contributed by atoms with Crippen molar-refractivity contribution in [2.45, 2.75) is 20.3 Å². The van der Waals surface area contributed by atoms with E-state index >= 15 is 0 Å². The Balaban J connectivity index is 3.05. The maximum Gasteiger partial charge on any atom is 0.339 e. The van der Waals surface area contributed by atoms with Crippen LogP contribution in [0, 0.1) is 6.92 Å². The molecule has 1 aromatic heterocycles. The number of hydrogen-bond acceptors (Lipinski definition) is 3. The van der Waals surface area contributed by atoms with Gasteiger partial charge >= 0.3 is 5.97 Å². The molecule has 1 aromatic rings. The highest BCUT2D eigenvalue weighted by Crippen LogP contribution is 2.20. The van der Waals surface area contributed by atoms with Gasteiger partial charge in [0.15, 0.2) is 0 Å². The Kier molecular flexibility index (Phi) is 3.71. The molecule has 0 amide bonds. The Bertz CT molecular complexity index is 366. The standard InChI is InChI=1S/C10H11F2NO2/c1-3-15-10(14)8-4-7(9(11)12)5-13-6(8)2/h4-5,9H,3H2,1-2H3. The van der Waals surface area contributed by atoms with Crippen molar-refractivity contribution in [1.82, 2.24) is 4.98 Å². The van der Waals surface area contributed by atoms with Crippen molar-refractivity contribution >= 4 is 5.97 Å². The Morgan fingerprint density at radius 2 is 2.27 bits per heavy atom. The molecule has 0 saturated heterocycles. The fourth-order valence-corrected chi connectivity index (χ4v) is 1.08. The molecule has 3 nitrogen and oxygen atoms in total. The number of aromatic nitrogens is 1. The van der Waals surface area contributed by atoms with E-state index in [4.69, 9.17) is 4.74 Å². The average molecular weight is 215 g/mol. The van der Waals surface area contributed by atoms with Crippen molar-refractivity contribution in [2.24, 2.45) is 0 Å². The Morgan fingerprint density at radius 1 is 1.60 bits per heavy atom. The molecule has 0 aliphatic carbocycles. The highest BCUT2D eigenvalue weighted by molar-refractivity contribution is 5.90. The Labute approximate surface area is 86.1 Å². The second kappa shape index (κ2) is 4.82. The molecular weight excluding hydrogens is 204 g/mol. The molecule has 0 aliphatic rings. The first kappa shape index (κ1) is 11.6. The van der Waals surface area contributed by atoms with Crippen LogP contribution in [-0.4, -0.2) is 17.6 Å². The lowest BCUT2D eigenvalue weighted by molar-refractivity contribution is 0.0524. The third-order valence-electron chi connectivity index (χ3n) is 1.86. The fraction of sp³-hybridized carbons (Fsp3) is 0.400. The minimum absolute atomic E-state index is 0.0923. The van der Waals surface area contributed by atoms with Crippen LogP contribution in [0.1, 0.15) is 35.0 Å². The first-order valence-corrected chi connectivity index (χ1v) is 4.48. The summed E-state index contributed by atoms with van der Waals surface area (Å²) in [4.78, 5) is 15.1. The van der Waals surface area contributed by atoms with Crippen LogP contribution in [0.25, 0.3) is 0 Å². The molecule has 82 valence electrons. The highest BCUT2D eigenvalue weighted by Gasteiger charge is 2.15. The molecule has 0 aromatic carbocycles. The molecule has 0 spiro atoms. The van der Waals surface area contributed by atoms with Crippen molar-refractivity contribution in [3.05, 3.63) is 29.1 Å². The van der Waals surface area contributed by atoms with E-state index in [2.05, 4.69) is 4.98 Å². The summed E-state index contributed by atoms with van der Waals surface area (Å²) in [6.07, 6.45) is -1.57. The molecule has 0 aliphatic heterocycles. The van der Waals surface area contributed by atoms with Gasteiger partial charge in [0.1, 0.15) is 0 Å². The maximum atomic E-state index is 12.3. The van der Waals surface area contributed by atoms with Crippen LogP contribution >= 0.6 is 0 Å². The minimum Gasteiger partial charge on any atom is -0.462 e. The molecular formula is C10H11F2NO2. The quantitative estimate of drug-likeness (QED) is 0.727. The van der Waals surface area contributed by atoms with Gasteiger partial charge in [-0.15, -0.1) is 0 Å². The van der Waals surface area contributed by atoms with Crippen LogP contribution in [0.3, 0.4) is 0 Å². The zero-order valence-electron chi connectivity index (χ0n) is 8.46. The summed E-state index contributed by atoms with van der Waals surface area (Å²) in [5.74, 6) is -0.620. The van der Waals surface area contributed by atoms with Gasteiger partial charge in [-0.3, -0.25) is 4.98 Å². The van der Waals surface area contributed by atoms with Crippen molar-refractivity contribution in [1.29, 1.82) is 0 Å². The van der Waals surface area contributed by atoms with Crippen LogP contribution in [0.5, 0.6) is 0 Å². The smallest absolute Gasteiger partial charge is 0.339 e. The van der Waals surface area contributed by atoms with Crippen LogP contribution in [0.15, 0.2) is 12.3 Å². The number of hydrogen-bond donors (Lipinski definition) is 0. The molecule has 0 radical (unpaired) electrons. The summed E-state index contributed by atoms with van der Waals surface area (Å²) in [6.45, 7) is 3.43. The van der Waals surface area contributed by atoms with E-state index in [-0.39, 0.29) is 17.7 Å². The average Bonchev–Trinajstić information content (AvgIpc) is 2.18. The summed E-state index contributed by atoms with van der Waals surface area (Å²) in [7, 11) is 0. The number of carbonyl (C=O) groups is 1. The number of rotatable bonds is 3. The molecule has 0 atom stereocenters. The molecule has 0 N–H and O–H groups in total. The van der Waals surface area contributed by atoms with E-state index in [1.54, 1.807) is 13.8 Å². The topological polar surface area (TPSA) is 39.2 Å². The number of carbonyl (C=O) groups excluding carboxylic acids is 1. The van der Waals surface area contributed by atoms with E-state index in [9.17, 15) is 13.6 Å². The van der Waals surface area contributed by atoms with Crippen molar-refractivity contribution in [3.63, 3.8) is 0 Å². The lowest BCUT2D eigenvalue weighted by Gasteiger charge is -2.06. The predicted molar refractivity (Wildman–Crippen MR) is 49.9 cm³/mol. The molecule has 0 bridgehead atoms. The zero-order valence-corrected chi connectivity index (χ0v) is 8.46. The largest absolute Gasteiger partial charge is 0.462 e. The molecule has 15 heavy (non-hydrogen) atoms. The lowest BCUT2D eigenvalue weighted by atomic mass is 10.1. The number of alkyl halides is 2. The van der Waals surface area contributed by atoms with Crippen LogP contribution in [0.2, 0.25) is 0 Å². The molecule has 1 rings (SSSR count). The van der Waals surface area contributed by atoms with E-state index in [0.29, 0.717) is 5.69 Å². The maximum absolute atomic E-state index is 12.3. The lowest BCUT2D eigenvalue weighted by Crippen LogP contribution is -2.08. The normalized spacial score (nSPS) is 10.5. The monoisotopic (exact) mass is 215 g/mol. The van der Waals surface area contributed by atoms with Gasteiger partial charge in [0.25, 0.3) is 6.43 Å². The first-order chi connectivity index (χ1) is 7.06. The van der Waals surface area contributed by atoms with Crippen molar-refractivity contribution < 1.29 is 18.3 Å². The number of esters is 1. The van der Waals surface area contributed by atoms with Gasteiger partial charge in [0.2, 0.25) is 0 Å². The summed E-state index contributed by atoms with van der Waals surface area (Å²) in [5, 5.41) is 0. The second-order valence-electron chi connectivity index (χ2n) is 2.92. The SMILES string of the molecule is CCOC(=O)c1cc(C(F)F)cnc1C. The molecule has 5 heteroatoms. The number of aryl methyl sites for hydroxylation is 1. The minimum atomic E-state index is -2.63. The first-order valence-electron chi connectivity index (χ1n) is 4.48. The van der Waals surface area contributed by atoms with E-state index < -0.39 is 12.4 Å². The Morgan fingerprint density at radius 3 is 2.80 bits per heavy atom.